The molecule has 0 spiro atoms. The number of nitrogens with zero attached hydrogens (tertiary/aromatic N) is 2. The molecular formula is C16H17F3N4O2S. The highest BCUT2D eigenvalue weighted by Gasteiger charge is 2.33. The highest BCUT2D eigenvalue weighted by atomic mass is 32.2. The van der Waals surface area contributed by atoms with Crippen LogP contribution in [-0.2, 0) is 16.0 Å². The van der Waals surface area contributed by atoms with Gasteiger partial charge in [-0.05, 0) is 25.5 Å². The number of aromatic nitrogens is 2. The Labute approximate surface area is 148 Å². The second-order valence-electron chi connectivity index (χ2n) is 6.10. The molecule has 0 saturated carbocycles. The first kappa shape index (κ1) is 18.4. The summed E-state index contributed by atoms with van der Waals surface area (Å²) in [5.74, 6) is 1.03. The van der Waals surface area contributed by atoms with Crippen LogP contribution in [0.2, 0.25) is 0 Å². The first-order valence-electron chi connectivity index (χ1n) is 7.88. The second-order valence-corrected chi connectivity index (χ2v) is 8.33. The number of hydrogen-bond donors (Lipinski definition) is 2. The van der Waals surface area contributed by atoms with Crippen LogP contribution in [0.4, 0.5) is 30.5 Å². The van der Waals surface area contributed by atoms with Gasteiger partial charge < -0.3 is 10.6 Å². The zero-order chi connectivity index (χ0) is 18.9. The van der Waals surface area contributed by atoms with Crippen molar-refractivity contribution in [2.75, 3.05) is 22.1 Å². The number of sulfone groups is 1. The first-order chi connectivity index (χ1) is 12.1. The standard InChI is InChI=1S/C16H17F3N4O2S/c1-10-20-14(22-11-6-7-26(24,25)9-11)8-15(21-10)23-13-5-3-2-4-12(13)16(17,18)19/h2-5,8,11H,6-7,9H2,1H3,(H2,20,21,22,23). The number of benzene rings is 1. The molecule has 1 atom stereocenters. The Hall–Kier alpha value is -2.36. The Kier molecular flexibility index (Phi) is 4.78. The first-order valence-corrected chi connectivity index (χ1v) is 9.70. The van der Waals surface area contributed by atoms with Gasteiger partial charge in [-0.25, -0.2) is 18.4 Å². The van der Waals surface area contributed by atoms with Gasteiger partial charge in [-0.1, -0.05) is 12.1 Å². The largest absolute Gasteiger partial charge is 0.418 e. The summed E-state index contributed by atoms with van der Waals surface area (Å²) in [5, 5.41) is 5.69. The van der Waals surface area contributed by atoms with Crippen LogP contribution >= 0.6 is 0 Å². The number of rotatable bonds is 4. The van der Waals surface area contributed by atoms with Crippen molar-refractivity contribution in [3.63, 3.8) is 0 Å². The van der Waals surface area contributed by atoms with Crippen molar-refractivity contribution in [2.45, 2.75) is 25.6 Å². The minimum absolute atomic E-state index is 0.00964. The van der Waals surface area contributed by atoms with Crippen LogP contribution in [-0.4, -0.2) is 35.9 Å². The van der Waals surface area contributed by atoms with E-state index < -0.39 is 21.6 Å². The van der Waals surface area contributed by atoms with Crippen molar-refractivity contribution >= 4 is 27.2 Å². The monoisotopic (exact) mass is 386 g/mol. The molecule has 1 aromatic heterocycles. The van der Waals surface area contributed by atoms with Crippen LogP contribution in [0.3, 0.4) is 0 Å². The third kappa shape index (κ3) is 4.43. The van der Waals surface area contributed by atoms with E-state index in [0.717, 1.165) is 6.07 Å². The summed E-state index contributed by atoms with van der Waals surface area (Å²) in [6.45, 7) is 1.61. The van der Waals surface area contributed by atoms with E-state index in [0.29, 0.717) is 18.1 Å². The van der Waals surface area contributed by atoms with Gasteiger partial charge in [0.25, 0.3) is 0 Å². The Morgan fingerprint density at radius 1 is 1.15 bits per heavy atom. The molecule has 0 amide bonds. The highest BCUT2D eigenvalue weighted by molar-refractivity contribution is 7.91. The van der Waals surface area contributed by atoms with Crippen LogP contribution in [0.25, 0.3) is 0 Å². The number of alkyl halides is 3. The maximum Gasteiger partial charge on any atom is 0.418 e. The minimum atomic E-state index is -4.50. The third-order valence-corrected chi connectivity index (χ3v) is 5.69. The lowest BCUT2D eigenvalue weighted by molar-refractivity contribution is -0.136. The molecule has 1 aliphatic heterocycles. The van der Waals surface area contributed by atoms with Crippen LogP contribution in [0, 0.1) is 6.92 Å². The van der Waals surface area contributed by atoms with E-state index in [4.69, 9.17) is 0 Å². The molecule has 140 valence electrons. The molecule has 2 heterocycles. The van der Waals surface area contributed by atoms with E-state index in [-0.39, 0.29) is 29.1 Å². The second kappa shape index (κ2) is 6.75. The average molecular weight is 386 g/mol. The Morgan fingerprint density at radius 2 is 1.85 bits per heavy atom. The number of hydrogen-bond acceptors (Lipinski definition) is 6. The van der Waals surface area contributed by atoms with Gasteiger partial charge in [0.05, 0.1) is 22.8 Å². The lowest BCUT2D eigenvalue weighted by atomic mass is 10.1. The van der Waals surface area contributed by atoms with Gasteiger partial charge in [-0.3, -0.25) is 0 Å². The molecule has 2 aromatic rings. The molecule has 1 fully saturated rings. The lowest BCUT2D eigenvalue weighted by Gasteiger charge is -2.16. The lowest BCUT2D eigenvalue weighted by Crippen LogP contribution is -2.21. The summed E-state index contributed by atoms with van der Waals surface area (Å²) >= 11 is 0. The molecule has 1 saturated heterocycles. The Morgan fingerprint density at radius 3 is 2.50 bits per heavy atom. The number of anilines is 3. The fourth-order valence-electron chi connectivity index (χ4n) is 2.80. The maximum atomic E-state index is 13.1. The Balaban J connectivity index is 1.83. The van der Waals surface area contributed by atoms with Gasteiger partial charge in [0.1, 0.15) is 17.5 Å². The van der Waals surface area contributed by atoms with Crippen molar-refractivity contribution in [1.29, 1.82) is 0 Å². The zero-order valence-electron chi connectivity index (χ0n) is 13.8. The molecule has 6 nitrogen and oxygen atoms in total. The summed E-state index contributed by atoms with van der Waals surface area (Å²) in [5.41, 5.74) is -0.917. The van der Waals surface area contributed by atoms with Crippen molar-refractivity contribution in [3.8, 4) is 0 Å². The highest BCUT2D eigenvalue weighted by Crippen LogP contribution is 2.35. The molecular weight excluding hydrogens is 369 g/mol. The van der Waals surface area contributed by atoms with E-state index in [1.165, 1.54) is 24.3 Å². The molecule has 1 unspecified atom stereocenters. The smallest absolute Gasteiger partial charge is 0.366 e. The predicted octanol–water partition coefficient (Wildman–Crippen LogP) is 3.15. The minimum Gasteiger partial charge on any atom is -0.366 e. The van der Waals surface area contributed by atoms with Gasteiger partial charge in [0.15, 0.2) is 9.84 Å². The van der Waals surface area contributed by atoms with Gasteiger partial charge in [-0.15, -0.1) is 0 Å². The molecule has 26 heavy (non-hydrogen) atoms. The Bertz CT molecular complexity index is 916. The molecule has 10 heteroatoms. The summed E-state index contributed by atoms with van der Waals surface area (Å²) in [4.78, 5) is 8.29. The molecule has 1 aliphatic rings. The third-order valence-electron chi connectivity index (χ3n) is 3.92. The quantitative estimate of drug-likeness (QED) is 0.840. The van der Waals surface area contributed by atoms with E-state index in [2.05, 4.69) is 20.6 Å². The van der Waals surface area contributed by atoms with Gasteiger partial charge in [-0.2, -0.15) is 13.2 Å². The summed E-state index contributed by atoms with van der Waals surface area (Å²) < 4.78 is 62.4. The molecule has 3 rings (SSSR count). The van der Waals surface area contributed by atoms with E-state index in [9.17, 15) is 21.6 Å². The molecule has 1 aromatic carbocycles. The van der Waals surface area contributed by atoms with E-state index >= 15 is 0 Å². The van der Waals surface area contributed by atoms with Crippen molar-refractivity contribution in [1.82, 2.24) is 9.97 Å². The van der Waals surface area contributed by atoms with E-state index in [1.54, 1.807) is 6.92 Å². The SMILES string of the molecule is Cc1nc(Nc2ccccc2C(F)(F)F)cc(NC2CCS(=O)(=O)C2)n1. The molecule has 0 bridgehead atoms. The van der Waals surface area contributed by atoms with Gasteiger partial charge in [0, 0.05) is 12.1 Å². The maximum absolute atomic E-state index is 13.1. The number of nitrogens with one attached hydrogen (secondary N) is 2. The number of para-hydroxylation sites is 1. The van der Waals surface area contributed by atoms with Crippen LogP contribution in [0.5, 0.6) is 0 Å². The van der Waals surface area contributed by atoms with Gasteiger partial charge in [0.2, 0.25) is 0 Å². The normalized spacial score (nSPS) is 19.3. The molecule has 2 N–H and O–H groups in total. The topological polar surface area (TPSA) is 84.0 Å². The zero-order valence-corrected chi connectivity index (χ0v) is 14.7. The number of aryl methyl sites for hydroxylation is 1. The average Bonchev–Trinajstić information content (AvgIpc) is 2.85. The summed E-state index contributed by atoms with van der Waals surface area (Å²) in [7, 11) is -3.05. The van der Waals surface area contributed by atoms with Gasteiger partial charge >= 0.3 is 6.18 Å². The van der Waals surface area contributed by atoms with Crippen LogP contribution < -0.4 is 10.6 Å². The summed E-state index contributed by atoms with van der Waals surface area (Å²) in [6, 6.07) is 6.30. The van der Waals surface area contributed by atoms with Crippen LogP contribution in [0.15, 0.2) is 30.3 Å². The fraction of sp³-hybridized carbons (Fsp3) is 0.375. The van der Waals surface area contributed by atoms with E-state index in [1.807, 2.05) is 0 Å². The number of halogens is 3. The summed E-state index contributed by atoms with van der Waals surface area (Å²) in [6.07, 6.45) is -4.03. The molecule has 0 aliphatic carbocycles. The van der Waals surface area contributed by atoms with Crippen molar-refractivity contribution < 1.29 is 21.6 Å². The van der Waals surface area contributed by atoms with Crippen molar-refractivity contribution in [3.05, 3.63) is 41.7 Å². The predicted molar refractivity (Wildman–Crippen MR) is 92.2 cm³/mol. The molecule has 0 radical (unpaired) electrons. The fourth-order valence-corrected chi connectivity index (χ4v) is 4.47. The van der Waals surface area contributed by atoms with Crippen molar-refractivity contribution in [2.24, 2.45) is 0 Å². The van der Waals surface area contributed by atoms with Crippen LogP contribution in [0.1, 0.15) is 17.8 Å².